The lowest BCUT2D eigenvalue weighted by Crippen LogP contribution is -2.44. The van der Waals surface area contributed by atoms with Crippen molar-refractivity contribution in [3.63, 3.8) is 0 Å². The minimum atomic E-state index is 0.0472. The Morgan fingerprint density at radius 1 is 0.833 bits per heavy atom. The molecular weight excluding hydrogens is 374 g/mol. The molecule has 152 valence electrons. The van der Waals surface area contributed by atoms with Crippen molar-refractivity contribution in [1.29, 1.82) is 0 Å². The minimum Gasteiger partial charge on any atom is -0.392 e. The number of aromatic nitrogens is 3. The van der Waals surface area contributed by atoms with Crippen LogP contribution in [0.2, 0.25) is 0 Å². The van der Waals surface area contributed by atoms with Gasteiger partial charge in [-0.3, -0.25) is 9.38 Å². The van der Waals surface area contributed by atoms with E-state index in [1.165, 1.54) is 5.69 Å². The second-order valence-electron chi connectivity index (χ2n) is 7.84. The first kappa shape index (κ1) is 18.8. The zero-order valence-electron chi connectivity index (χ0n) is 17.1. The number of aliphatic hydroxyl groups excluding tert-OH is 1. The molecule has 2 aromatic heterocycles. The van der Waals surface area contributed by atoms with Gasteiger partial charge in [-0.25, -0.2) is 4.98 Å². The van der Waals surface area contributed by atoms with Crippen molar-refractivity contribution in [2.24, 2.45) is 0 Å². The van der Waals surface area contributed by atoms with Crippen LogP contribution < -0.4 is 4.90 Å². The number of nitrogens with zero attached hydrogens (tertiary/aromatic N) is 5. The highest BCUT2D eigenvalue weighted by atomic mass is 16.3. The Balaban J connectivity index is 1.44. The van der Waals surface area contributed by atoms with Gasteiger partial charge in [0.25, 0.3) is 0 Å². The van der Waals surface area contributed by atoms with E-state index in [1.807, 2.05) is 42.9 Å². The van der Waals surface area contributed by atoms with Gasteiger partial charge < -0.3 is 14.9 Å². The summed E-state index contributed by atoms with van der Waals surface area (Å²) < 4.78 is 2.07. The molecule has 0 aliphatic carbocycles. The van der Waals surface area contributed by atoms with Crippen molar-refractivity contribution in [3.05, 3.63) is 72.7 Å². The van der Waals surface area contributed by atoms with Crippen LogP contribution in [0.15, 0.2) is 67.1 Å². The maximum atomic E-state index is 9.28. The SMILES string of the molecule is CN1CCN(c2ccc(-c3cn4c(-c5ccc(CO)cc5)cnc4cn3)cc2)CC1. The molecule has 6 nitrogen and oxygen atoms in total. The van der Waals surface area contributed by atoms with Crippen molar-refractivity contribution in [2.75, 3.05) is 38.1 Å². The average molecular weight is 399 g/mol. The van der Waals surface area contributed by atoms with E-state index in [9.17, 15) is 5.11 Å². The van der Waals surface area contributed by atoms with E-state index >= 15 is 0 Å². The summed E-state index contributed by atoms with van der Waals surface area (Å²) in [5.41, 5.74) is 7.04. The first-order chi connectivity index (χ1) is 14.7. The Hall–Kier alpha value is -3.22. The van der Waals surface area contributed by atoms with Gasteiger partial charge in [-0.1, -0.05) is 36.4 Å². The number of likely N-dealkylation sites (N-methyl/N-ethyl adjacent to an activating group) is 1. The Kier molecular flexibility index (Phi) is 4.94. The zero-order valence-corrected chi connectivity index (χ0v) is 17.1. The lowest BCUT2D eigenvalue weighted by molar-refractivity contribution is 0.282. The van der Waals surface area contributed by atoms with E-state index in [1.54, 1.807) is 0 Å². The molecule has 1 aliphatic rings. The molecule has 3 heterocycles. The van der Waals surface area contributed by atoms with E-state index in [0.29, 0.717) is 0 Å². The van der Waals surface area contributed by atoms with Gasteiger partial charge in [0.2, 0.25) is 0 Å². The van der Waals surface area contributed by atoms with E-state index < -0.39 is 0 Å². The summed E-state index contributed by atoms with van der Waals surface area (Å²) in [6, 6.07) is 16.6. The molecular formula is C24H25N5O. The number of benzene rings is 2. The molecule has 1 aliphatic heterocycles. The molecule has 30 heavy (non-hydrogen) atoms. The summed E-state index contributed by atoms with van der Waals surface area (Å²) in [4.78, 5) is 13.9. The van der Waals surface area contributed by atoms with E-state index in [2.05, 4.69) is 55.5 Å². The van der Waals surface area contributed by atoms with Crippen LogP contribution in [0.4, 0.5) is 5.69 Å². The fourth-order valence-corrected chi connectivity index (χ4v) is 3.94. The number of hydrogen-bond donors (Lipinski definition) is 1. The highest BCUT2D eigenvalue weighted by Gasteiger charge is 2.14. The highest BCUT2D eigenvalue weighted by molar-refractivity contribution is 5.67. The van der Waals surface area contributed by atoms with Crippen LogP contribution in [-0.2, 0) is 6.61 Å². The van der Waals surface area contributed by atoms with Crippen LogP contribution in [0.1, 0.15) is 5.56 Å². The van der Waals surface area contributed by atoms with Crippen molar-refractivity contribution in [1.82, 2.24) is 19.3 Å². The molecule has 0 amide bonds. The number of rotatable bonds is 4. The summed E-state index contributed by atoms with van der Waals surface area (Å²) in [6.45, 7) is 4.37. The molecule has 0 radical (unpaired) electrons. The summed E-state index contributed by atoms with van der Waals surface area (Å²) in [6.07, 6.45) is 5.73. The summed E-state index contributed by atoms with van der Waals surface area (Å²) in [7, 11) is 2.17. The van der Waals surface area contributed by atoms with Crippen LogP contribution >= 0.6 is 0 Å². The van der Waals surface area contributed by atoms with Gasteiger partial charge in [0.05, 0.1) is 30.4 Å². The Bertz CT molecular complexity index is 1140. The lowest BCUT2D eigenvalue weighted by atomic mass is 10.1. The van der Waals surface area contributed by atoms with Crippen molar-refractivity contribution < 1.29 is 5.11 Å². The average Bonchev–Trinajstić information content (AvgIpc) is 3.23. The maximum absolute atomic E-state index is 9.28. The Labute approximate surface area is 176 Å². The van der Waals surface area contributed by atoms with Gasteiger partial charge in [-0.15, -0.1) is 0 Å². The molecule has 0 unspecified atom stereocenters. The van der Waals surface area contributed by atoms with Crippen LogP contribution in [0.3, 0.4) is 0 Å². The molecule has 4 aromatic rings. The van der Waals surface area contributed by atoms with Gasteiger partial charge in [0, 0.05) is 49.2 Å². The van der Waals surface area contributed by atoms with E-state index in [4.69, 9.17) is 0 Å². The molecule has 2 aromatic carbocycles. The van der Waals surface area contributed by atoms with Crippen molar-refractivity contribution >= 4 is 11.3 Å². The topological polar surface area (TPSA) is 56.9 Å². The first-order valence-corrected chi connectivity index (χ1v) is 10.3. The normalized spacial score (nSPS) is 15.1. The van der Waals surface area contributed by atoms with Crippen molar-refractivity contribution in [2.45, 2.75) is 6.61 Å². The molecule has 0 bridgehead atoms. The number of aliphatic hydroxyl groups is 1. The number of anilines is 1. The van der Waals surface area contributed by atoms with Gasteiger partial charge in [0.1, 0.15) is 0 Å². The molecule has 5 rings (SSSR count). The first-order valence-electron chi connectivity index (χ1n) is 10.3. The third-order valence-electron chi connectivity index (χ3n) is 5.86. The molecule has 1 fully saturated rings. The van der Waals surface area contributed by atoms with Crippen LogP contribution in [0.25, 0.3) is 28.2 Å². The summed E-state index contributed by atoms with van der Waals surface area (Å²) >= 11 is 0. The zero-order chi connectivity index (χ0) is 20.5. The van der Waals surface area contributed by atoms with Crippen LogP contribution in [-0.4, -0.2) is 57.6 Å². The standard InChI is InChI=1S/C24H25N5O/c1-27-10-12-28(13-11-27)21-8-6-19(7-9-21)22-16-29-23(14-26-24(29)15-25-22)20-4-2-18(17-30)3-5-20/h2-9,14-16,30H,10-13,17H2,1H3. The van der Waals surface area contributed by atoms with Crippen LogP contribution in [0.5, 0.6) is 0 Å². The number of imidazole rings is 1. The third kappa shape index (κ3) is 3.56. The fraction of sp³-hybridized carbons (Fsp3) is 0.250. The third-order valence-corrected chi connectivity index (χ3v) is 5.86. The monoisotopic (exact) mass is 399 g/mol. The lowest BCUT2D eigenvalue weighted by Gasteiger charge is -2.34. The molecule has 1 N–H and O–H groups in total. The van der Waals surface area contributed by atoms with Gasteiger partial charge in [0.15, 0.2) is 5.65 Å². The number of hydrogen-bond acceptors (Lipinski definition) is 5. The molecule has 0 saturated carbocycles. The fourth-order valence-electron chi connectivity index (χ4n) is 3.94. The van der Waals surface area contributed by atoms with E-state index in [-0.39, 0.29) is 6.61 Å². The maximum Gasteiger partial charge on any atom is 0.155 e. The van der Waals surface area contributed by atoms with Gasteiger partial charge >= 0.3 is 0 Å². The minimum absolute atomic E-state index is 0.0472. The van der Waals surface area contributed by atoms with Crippen LogP contribution in [0, 0.1) is 0 Å². The Morgan fingerprint density at radius 3 is 2.23 bits per heavy atom. The van der Waals surface area contributed by atoms with Crippen molar-refractivity contribution in [3.8, 4) is 22.5 Å². The second kappa shape index (κ2) is 7.89. The largest absolute Gasteiger partial charge is 0.392 e. The predicted molar refractivity (Wildman–Crippen MR) is 119 cm³/mol. The number of fused-ring (bicyclic) bond motifs is 1. The molecule has 0 atom stereocenters. The molecule has 1 saturated heterocycles. The second-order valence-corrected chi connectivity index (χ2v) is 7.84. The molecule has 6 heteroatoms. The predicted octanol–water partition coefficient (Wildman–Crippen LogP) is 3.31. The Morgan fingerprint density at radius 2 is 1.53 bits per heavy atom. The van der Waals surface area contributed by atoms with Gasteiger partial charge in [-0.2, -0.15) is 0 Å². The van der Waals surface area contributed by atoms with Gasteiger partial charge in [-0.05, 0) is 24.7 Å². The smallest absolute Gasteiger partial charge is 0.155 e. The highest BCUT2D eigenvalue weighted by Crippen LogP contribution is 2.26. The summed E-state index contributed by atoms with van der Waals surface area (Å²) in [5.74, 6) is 0. The quantitative estimate of drug-likeness (QED) is 0.571. The summed E-state index contributed by atoms with van der Waals surface area (Å²) in [5, 5.41) is 9.28. The van der Waals surface area contributed by atoms with E-state index in [0.717, 1.165) is 59.9 Å². The molecule has 0 spiro atoms. The number of piperazine rings is 1.